The second-order valence-electron chi connectivity index (χ2n) is 17.8. The summed E-state index contributed by atoms with van der Waals surface area (Å²) in [5, 5.41) is 51.3. The number of ether oxygens (including phenoxy) is 5. The number of aromatic hydroxyl groups is 3. The molecule has 90 heavy (non-hydrogen) atoms. The third-order valence-electron chi connectivity index (χ3n) is 10.4. The summed E-state index contributed by atoms with van der Waals surface area (Å²) in [4.78, 5) is 3.21. The van der Waals surface area contributed by atoms with Gasteiger partial charge >= 0.3 is 0 Å². The Hall–Kier alpha value is -11.0. The SMILES string of the molecule is COCCCCN.COCCCN.COCCN.N#CCc1ccc(N)cc1.N#Cc1cccc(N)c1.N#Cc1ccccc1N.NCc1ccc2c(c1)OCO2.Nc1ccc(O)cc1.Nc1cccc(O)c1.Nc1ccccc1O.[C-]#[N+]c1ccc(N)cc1. The number of benzene rings is 8. The highest BCUT2D eigenvalue weighted by atomic mass is 16.7. The molecule has 0 spiro atoms. The van der Waals surface area contributed by atoms with Gasteiger partial charge in [0.05, 0.1) is 48.6 Å². The Kier molecular flexibility index (Phi) is 49.3. The first-order chi connectivity index (χ1) is 43.3. The van der Waals surface area contributed by atoms with E-state index in [1.54, 1.807) is 173 Å². The molecule has 1 aliphatic heterocycles. The number of anilines is 7. The molecule has 9 rings (SSSR count). The highest BCUT2D eigenvalue weighted by Gasteiger charge is 2.12. The number of unbranched alkanes of at least 4 members (excludes halogenated alkanes) is 1. The summed E-state index contributed by atoms with van der Waals surface area (Å²) < 4.78 is 24.4. The Labute approximate surface area is 529 Å². The molecule has 1 aliphatic rings. The van der Waals surface area contributed by atoms with Gasteiger partial charge in [-0.1, -0.05) is 66.7 Å². The molecule has 23 heteroatoms. The zero-order chi connectivity index (χ0) is 67.6. The lowest BCUT2D eigenvalue weighted by Gasteiger charge is -1.97. The molecule has 0 aliphatic carbocycles. The average Bonchev–Trinajstić information content (AvgIpc) is 3.59. The number of nitrogens with two attached hydrogens (primary N) is 11. The normalized spacial score (nSPS) is 9.32. The van der Waals surface area contributed by atoms with Crippen LogP contribution in [0.25, 0.3) is 4.85 Å². The van der Waals surface area contributed by atoms with Gasteiger partial charge in [0.15, 0.2) is 17.2 Å². The topological polar surface area (TPSA) is 469 Å². The lowest BCUT2D eigenvalue weighted by atomic mass is 10.1. The van der Waals surface area contributed by atoms with Crippen molar-refractivity contribution >= 4 is 45.5 Å². The van der Waals surface area contributed by atoms with Gasteiger partial charge in [-0.2, -0.15) is 15.8 Å². The van der Waals surface area contributed by atoms with Gasteiger partial charge in [-0.15, -0.1) is 0 Å². The summed E-state index contributed by atoms with van der Waals surface area (Å²) in [6.45, 7) is 11.9. The molecule has 23 nitrogen and oxygen atoms in total. The van der Waals surface area contributed by atoms with E-state index >= 15 is 0 Å². The van der Waals surface area contributed by atoms with Crippen LogP contribution >= 0.6 is 0 Å². The van der Waals surface area contributed by atoms with Crippen molar-refractivity contribution in [1.82, 2.24) is 0 Å². The Bertz CT molecular complexity index is 3190. The van der Waals surface area contributed by atoms with E-state index in [0.29, 0.717) is 83.8 Å². The molecule has 0 atom stereocenters. The number of methoxy groups -OCH3 is 3. The van der Waals surface area contributed by atoms with Crippen LogP contribution in [0.5, 0.6) is 28.7 Å². The van der Waals surface area contributed by atoms with Crippen molar-refractivity contribution in [3.05, 3.63) is 222 Å². The molecule has 0 saturated heterocycles. The van der Waals surface area contributed by atoms with Gasteiger partial charge in [0, 0.05) is 87.8 Å². The van der Waals surface area contributed by atoms with Gasteiger partial charge in [-0.3, -0.25) is 0 Å². The predicted molar refractivity (Wildman–Crippen MR) is 363 cm³/mol. The number of nitriles is 3. The fraction of sp³-hybridized carbons (Fsp3) is 0.224. The fourth-order valence-corrected chi connectivity index (χ4v) is 5.77. The van der Waals surface area contributed by atoms with Crippen molar-refractivity contribution < 1.29 is 39.0 Å². The lowest BCUT2D eigenvalue weighted by Crippen LogP contribution is -2.05. The van der Waals surface area contributed by atoms with Crippen LogP contribution in [0.1, 0.15) is 41.5 Å². The van der Waals surface area contributed by atoms with E-state index in [0.717, 1.165) is 73.9 Å². The van der Waals surface area contributed by atoms with E-state index in [2.05, 4.69) is 15.7 Å². The molecule has 0 aromatic heterocycles. The van der Waals surface area contributed by atoms with E-state index in [1.807, 2.05) is 42.5 Å². The minimum absolute atomic E-state index is 0.146. The Morgan fingerprint density at radius 2 is 0.978 bits per heavy atom. The second-order valence-corrected chi connectivity index (χ2v) is 17.8. The van der Waals surface area contributed by atoms with Gasteiger partial charge in [0.25, 0.3) is 0 Å². The summed E-state index contributed by atoms with van der Waals surface area (Å²) in [6, 6.07) is 59.3. The molecule has 8 aromatic carbocycles. The quantitative estimate of drug-likeness (QED) is 0.0188. The average molecular weight is 1230 g/mol. The number of hydrogen-bond donors (Lipinski definition) is 14. The highest BCUT2D eigenvalue weighted by Crippen LogP contribution is 2.32. The Morgan fingerprint density at radius 3 is 1.37 bits per heavy atom. The van der Waals surface area contributed by atoms with Crippen LogP contribution in [0.2, 0.25) is 0 Å². The summed E-state index contributed by atoms with van der Waals surface area (Å²) in [5.41, 5.74) is 66.4. The van der Waals surface area contributed by atoms with Crippen LogP contribution in [0, 0.1) is 40.6 Å². The number of rotatable bonds is 11. The minimum Gasteiger partial charge on any atom is -0.508 e. The van der Waals surface area contributed by atoms with Crippen LogP contribution in [0.3, 0.4) is 0 Å². The monoisotopic (exact) mass is 1230 g/mol. The van der Waals surface area contributed by atoms with E-state index in [1.165, 1.54) is 6.07 Å². The van der Waals surface area contributed by atoms with Crippen LogP contribution in [-0.2, 0) is 27.2 Å². The molecular formula is C67H89N15O8. The number of hydrogen-bond acceptors (Lipinski definition) is 22. The van der Waals surface area contributed by atoms with Gasteiger partial charge in [-0.25, -0.2) is 4.85 Å². The summed E-state index contributed by atoms with van der Waals surface area (Å²) in [7, 11) is 5.01. The summed E-state index contributed by atoms with van der Waals surface area (Å²) in [5.74, 6) is 2.21. The molecule has 0 bridgehead atoms. The summed E-state index contributed by atoms with van der Waals surface area (Å²) in [6.07, 6.45) is 3.59. The highest BCUT2D eigenvalue weighted by molar-refractivity contribution is 5.54. The van der Waals surface area contributed by atoms with Crippen LogP contribution < -0.4 is 72.5 Å². The zero-order valence-corrected chi connectivity index (χ0v) is 51.4. The molecule has 1 heterocycles. The summed E-state index contributed by atoms with van der Waals surface area (Å²) >= 11 is 0. The van der Waals surface area contributed by atoms with Gasteiger partial charge in [0.1, 0.15) is 23.3 Å². The maximum atomic E-state index is 8.79. The third kappa shape index (κ3) is 44.5. The van der Waals surface area contributed by atoms with Crippen molar-refractivity contribution in [1.29, 1.82) is 15.8 Å². The number of fused-ring (bicyclic) bond motifs is 1. The molecule has 0 radical (unpaired) electrons. The van der Waals surface area contributed by atoms with E-state index in [9.17, 15) is 0 Å². The first-order valence-electron chi connectivity index (χ1n) is 27.6. The van der Waals surface area contributed by atoms with Crippen molar-refractivity contribution in [2.24, 2.45) is 22.9 Å². The van der Waals surface area contributed by atoms with E-state index in [4.69, 9.17) is 120 Å². The van der Waals surface area contributed by atoms with Crippen molar-refractivity contribution in [2.75, 3.05) is 108 Å². The van der Waals surface area contributed by atoms with Crippen LogP contribution in [0.15, 0.2) is 188 Å². The fourth-order valence-electron chi connectivity index (χ4n) is 5.77. The maximum absolute atomic E-state index is 8.79. The molecule has 0 unspecified atom stereocenters. The number of nitrogens with zero attached hydrogens (tertiary/aromatic N) is 4. The molecular weight excluding hydrogens is 1140 g/mol. The Balaban J connectivity index is 0. The number of nitrogen functional groups attached to an aromatic ring is 7. The standard InChI is InChI=1S/C8H8N2.C8H9NO2.3C7H6N2.3C6H7NO.C5H13NO.C4H11NO.C3H9NO/c9-6-5-7-1-3-8(10)4-2-7;9-4-6-1-2-7-8(3-6)11-5-10-7;1-9-7-4-2-6(8)3-5-7;8-5-6-2-1-3-7(9)4-6;8-5-6-3-1-2-4-7(6)9;7-5-1-3-6(8)4-2-5;7-5-2-1-3-6(8)4-5;7-5-3-1-2-4-6(5)8;1-7-5-3-2-4-6;1-6-4-2-3-5;1-5-3-2-4/h1-4H,5,10H2;1-3H,4-5,9H2;2-5H,8H2;2*1-4H,9H2;3*1-4,8H,7H2;2-6H2,1H3;2-5H2,1H3;2-4H2,1H3. The smallest absolute Gasteiger partial charge is 0.231 e. The minimum atomic E-state index is 0.146. The predicted octanol–water partition coefficient (Wildman–Crippen LogP) is 9.18. The number of phenols is 3. The Morgan fingerprint density at radius 1 is 0.467 bits per heavy atom. The van der Waals surface area contributed by atoms with Gasteiger partial charge in [0.2, 0.25) is 6.79 Å². The number of phenolic OH excluding ortho intramolecular Hbond substituents is 3. The molecule has 25 N–H and O–H groups in total. The van der Waals surface area contributed by atoms with Gasteiger partial charge < -0.3 is 102 Å². The van der Waals surface area contributed by atoms with Crippen molar-refractivity contribution in [2.45, 2.75) is 32.2 Å². The molecule has 0 saturated carbocycles. The van der Waals surface area contributed by atoms with Gasteiger partial charge in [-0.05, 0) is 159 Å². The number of para-hydroxylation sites is 3. The lowest BCUT2D eigenvalue weighted by molar-refractivity contribution is 0.174. The van der Waals surface area contributed by atoms with Crippen molar-refractivity contribution in [3.63, 3.8) is 0 Å². The van der Waals surface area contributed by atoms with Crippen LogP contribution in [-0.4, -0.2) is 82.9 Å². The molecule has 8 aromatic rings. The first kappa shape index (κ1) is 81.1. The zero-order valence-electron chi connectivity index (χ0n) is 51.4. The third-order valence-corrected chi connectivity index (χ3v) is 10.4. The van der Waals surface area contributed by atoms with E-state index < -0.39 is 0 Å². The molecule has 0 amide bonds. The van der Waals surface area contributed by atoms with Crippen molar-refractivity contribution in [3.8, 4) is 47.0 Å². The molecule has 0 fully saturated rings. The molecule has 480 valence electrons. The second kappa shape index (κ2) is 54.7. The van der Waals surface area contributed by atoms with Crippen LogP contribution in [0.4, 0.5) is 45.5 Å². The maximum Gasteiger partial charge on any atom is 0.231 e. The first-order valence-corrected chi connectivity index (χ1v) is 27.6. The van der Waals surface area contributed by atoms with E-state index in [-0.39, 0.29) is 17.2 Å². The largest absolute Gasteiger partial charge is 0.508 e.